The maximum atomic E-state index is 15.4. The molecule has 208 valence electrons. The number of amides is 2. The lowest BCUT2D eigenvalue weighted by atomic mass is 9.73. The van der Waals surface area contributed by atoms with Crippen molar-refractivity contribution in [3.63, 3.8) is 0 Å². The fraction of sp³-hybridized carbons (Fsp3) is 0.567. The average Bonchev–Trinajstić information content (AvgIpc) is 3.28. The molecule has 0 bridgehead atoms. The Labute approximate surface area is 225 Å². The van der Waals surface area contributed by atoms with Crippen molar-refractivity contribution in [3.05, 3.63) is 59.4 Å². The summed E-state index contributed by atoms with van der Waals surface area (Å²) in [5, 5.41) is 12.4. The largest absolute Gasteiger partial charge is 0.454 e. The van der Waals surface area contributed by atoms with Crippen molar-refractivity contribution >= 4 is 6.03 Å². The molecule has 8 heteroatoms. The Morgan fingerprint density at radius 1 is 1.18 bits per heavy atom. The van der Waals surface area contributed by atoms with Crippen LogP contribution in [-0.2, 0) is 10.3 Å². The highest BCUT2D eigenvalue weighted by atomic mass is 19.1. The molecule has 0 spiro atoms. The van der Waals surface area contributed by atoms with Gasteiger partial charge in [-0.05, 0) is 70.1 Å². The molecule has 2 aromatic carbocycles. The molecule has 3 N–H and O–H groups in total. The molecular formula is C30H42FN3O4. The van der Waals surface area contributed by atoms with Crippen LogP contribution in [-0.4, -0.2) is 66.4 Å². The number of aryl methyl sites for hydroxylation is 1. The lowest BCUT2D eigenvalue weighted by Crippen LogP contribution is -2.52. The number of urea groups is 1. The number of rotatable bonds is 9. The Kier molecular flexibility index (Phi) is 8.96. The Bertz CT molecular complexity index is 1110. The van der Waals surface area contributed by atoms with Crippen molar-refractivity contribution in [1.29, 1.82) is 0 Å². The number of ether oxygens (including phenoxy) is 2. The number of nitrogens with zero attached hydrogens (tertiary/aromatic N) is 2. The Morgan fingerprint density at radius 2 is 1.97 bits per heavy atom. The highest BCUT2D eigenvalue weighted by molar-refractivity contribution is 5.75. The van der Waals surface area contributed by atoms with Gasteiger partial charge >= 0.3 is 6.03 Å². The molecule has 2 saturated heterocycles. The zero-order chi connectivity index (χ0) is 27.3. The van der Waals surface area contributed by atoms with E-state index in [1.807, 2.05) is 41.8 Å². The van der Waals surface area contributed by atoms with Crippen molar-refractivity contribution < 1.29 is 23.8 Å². The van der Waals surface area contributed by atoms with E-state index in [0.29, 0.717) is 56.9 Å². The summed E-state index contributed by atoms with van der Waals surface area (Å²) in [4.78, 5) is 17.1. The van der Waals surface area contributed by atoms with Crippen LogP contribution in [0.2, 0.25) is 0 Å². The molecule has 0 aromatic heterocycles. The summed E-state index contributed by atoms with van der Waals surface area (Å²) in [6, 6.07) is 12.1. The lowest BCUT2D eigenvalue weighted by molar-refractivity contribution is -0.0589. The van der Waals surface area contributed by atoms with Crippen LogP contribution in [0.25, 0.3) is 0 Å². The molecule has 7 nitrogen and oxygen atoms in total. The van der Waals surface area contributed by atoms with Gasteiger partial charge in [0.2, 0.25) is 0 Å². The molecule has 0 aliphatic carbocycles. The highest BCUT2D eigenvalue weighted by Crippen LogP contribution is 2.45. The van der Waals surface area contributed by atoms with Gasteiger partial charge in [-0.1, -0.05) is 30.3 Å². The number of hydrogen-bond donors (Lipinski definition) is 2. The van der Waals surface area contributed by atoms with E-state index >= 15 is 4.39 Å². The second-order valence-electron chi connectivity index (χ2n) is 11.3. The Balaban J connectivity index is 1.65. The van der Waals surface area contributed by atoms with Crippen molar-refractivity contribution in [3.8, 4) is 11.5 Å². The minimum Gasteiger partial charge on any atom is -0.454 e. The predicted octanol–water partition coefficient (Wildman–Crippen LogP) is 5.19. The van der Waals surface area contributed by atoms with Crippen molar-refractivity contribution in [2.75, 3.05) is 39.9 Å². The summed E-state index contributed by atoms with van der Waals surface area (Å²) in [6.07, 6.45) is 4.10. The quantitative estimate of drug-likeness (QED) is 0.439. The minimum absolute atomic E-state index is 0.0398. The highest BCUT2D eigenvalue weighted by Gasteiger charge is 2.45. The third-order valence-corrected chi connectivity index (χ3v) is 8.04. The molecule has 2 amide bonds. The van der Waals surface area contributed by atoms with Crippen LogP contribution in [0.1, 0.15) is 56.6 Å². The maximum Gasteiger partial charge on any atom is 0.320 e. The molecule has 38 heavy (non-hydrogen) atoms. The first-order valence-electron chi connectivity index (χ1n) is 13.7. The number of methoxy groups -OCH3 is 1. The van der Waals surface area contributed by atoms with Crippen LogP contribution >= 0.6 is 0 Å². The zero-order valence-corrected chi connectivity index (χ0v) is 22.9. The van der Waals surface area contributed by atoms with Gasteiger partial charge in [0, 0.05) is 56.9 Å². The first-order chi connectivity index (χ1) is 18.1. The van der Waals surface area contributed by atoms with E-state index in [1.165, 1.54) is 6.07 Å². The van der Waals surface area contributed by atoms with Gasteiger partial charge in [0.25, 0.3) is 0 Å². The lowest BCUT2D eigenvalue weighted by Gasteiger charge is -2.44. The van der Waals surface area contributed by atoms with E-state index in [2.05, 4.69) is 0 Å². The van der Waals surface area contributed by atoms with Gasteiger partial charge in [0.1, 0.15) is 5.75 Å². The molecular weight excluding hydrogens is 485 g/mol. The summed E-state index contributed by atoms with van der Waals surface area (Å²) in [6.45, 7) is 6.62. The normalized spacial score (nSPS) is 23.4. The Morgan fingerprint density at radius 3 is 2.68 bits per heavy atom. The van der Waals surface area contributed by atoms with Crippen molar-refractivity contribution in [2.45, 2.75) is 63.5 Å². The van der Waals surface area contributed by atoms with E-state index in [4.69, 9.17) is 15.2 Å². The summed E-state index contributed by atoms with van der Waals surface area (Å²) in [5.41, 5.74) is 5.81. The number of benzene rings is 2. The summed E-state index contributed by atoms with van der Waals surface area (Å²) in [5.74, 6) is -0.224. The van der Waals surface area contributed by atoms with Gasteiger partial charge in [0.05, 0.1) is 5.60 Å². The van der Waals surface area contributed by atoms with E-state index in [9.17, 15) is 9.90 Å². The second kappa shape index (κ2) is 12.0. The molecule has 2 aliphatic rings. The van der Waals surface area contributed by atoms with E-state index < -0.39 is 11.4 Å². The molecule has 2 aliphatic heterocycles. The number of para-hydroxylation sites is 2. The van der Waals surface area contributed by atoms with Gasteiger partial charge in [-0.15, -0.1) is 0 Å². The number of unbranched alkanes of at least 4 members (excludes halogenated alkanes) is 1. The van der Waals surface area contributed by atoms with Crippen LogP contribution in [0.3, 0.4) is 0 Å². The first kappa shape index (κ1) is 28.3. The molecule has 2 fully saturated rings. The van der Waals surface area contributed by atoms with Crippen LogP contribution < -0.4 is 10.5 Å². The third-order valence-electron chi connectivity index (χ3n) is 8.04. The predicted molar refractivity (Wildman–Crippen MR) is 146 cm³/mol. The molecule has 3 atom stereocenters. The van der Waals surface area contributed by atoms with Crippen LogP contribution in [0, 0.1) is 18.7 Å². The number of hydrogen-bond acceptors (Lipinski definition) is 5. The summed E-state index contributed by atoms with van der Waals surface area (Å²) in [7, 11) is 1.65. The number of aliphatic hydroxyl groups is 1. The number of likely N-dealkylation sites (tertiary alicyclic amines) is 2. The van der Waals surface area contributed by atoms with Crippen LogP contribution in [0.4, 0.5) is 9.18 Å². The number of piperidine rings is 1. The Hall–Kier alpha value is -2.68. The average molecular weight is 528 g/mol. The van der Waals surface area contributed by atoms with Crippen molar-refractivity contribution in [2.24, 2.45) is 11.7 Å². The van der Waals surface area contributed by atoms with Gasteiger partial charge in [0.15, 0.2) is 11.6 Å². The zero-order valence-electron chi connectivity index (χ0n) is 22.9. The smallest absolute Gasteiger partial charge is 0.320 e. The molecule has 0 radical (unpaired) electrons. The van der Waals surface area contributed by atoms with Crippen LogP contribution in [0.15, 0.2) is 42.5 Å². The van der Waals surface area contributed by atoms with Crippen molar-refractivity contribution in [1.82, 2.24) is 9.80 Å². The molecule has 2 aromatic rings. The van der Waals surface area contributed by atoms with E-state index in [1.54, 1.807) is 25.3 Å². The molecule has 0 saturated carbocycles. The van der Waals surface area contributed by atoms with Gasteiger partial charge in [-0.2, -0.15) is 0 Å². The fourth-order valence-corrected chi connectivity index (χ4v) is 5.82. The topological polar surface area (TPSA) is 88.3 Å². The van der Waals surface area contributed by atoms with Gasteiger partial charge in [-0.3, -0.25) is 0 Å². The molecule has 2 heterocycles. The van der Waals surface area contributed by atoms with Gasteiger partial charge in [-0.25, -0.2) is 9.18 Å². The first-order valence-corrected chi connectivity index (χ1v) is 13.7. The molecule has 4 rings (SSSR count). The summed E-state index contributed by atoms with van der Waals surface area (Å²) < 4.78 is 26.7. The van der Waals surface area contributed by atoms with Crippen LogP contribution in [0.5, 0.6) is 11.5 Å². The number of carbonyl (C=O) groups excluding carboxylic acids is 1. The number of nitrogens with two attached hydrogens (primary N) is 1. The number of carbonyl (C=O) groups is 1. The van der Waals surface area contributed by atoms with E-state index in [-0.39, 0.29) is 23.2 Å². The SMILES string of the molecule is COCCCC[C@@](O)(c1cccc(F)c1Oc1ccccc1C)C1CCCN(C(=O)N2CCC(C)(N)C2)C1. The molecule has 2 unspecified atom stereocenters. The number of halogens is 1. The standard InChI is InChI=1S/C30H42FN3O4/c1-22-10-4-5-14-26(22)38-27-24(12-8-13-25(27)31)30(36,15-6-7-19-37-3)23-11-9-17-33(20-23)28(35)34-18-16-29(2,32)21-34/h4-5,8,10,12-14,23,36H,6-7,9,11,15-21,32H2,1-3H3/t23?,29?,30-/m0/s1. The third kappa shape index (κ3) is 6.30. The summed E-state index contributed by atoms with van der Waals surface area (Å²) >= 11 is 0. The monoisotopic (exact) mass is 527 g/mol. The van der Waals surface area contributed by atoms with E-state index in [0.717, 1.165) is 31.2 Å². The fourth-order valence-electron chi connectivity index (χ4n) is 5.82. The second-order valence-corrected chi connectivity index (χ2v) is 11.3. The maximum absolute atomic E-state index is 15.4. The van der Waals surface area contributed by atoms with Gasteiger partial charge < -0.3 is 30.1 Å². The minimum atomic E-state index is -1.39.